The smallest absolute Gasteiger partial charge is 0.311 e. The van der Waals surface area contributed by atoms with E-state index in [1.165, 1.54) is 0 Å². The molecule has 1 aliphatic rings. The van der Waals surface area contributed by atoms with Gasteiger partial charge >= 0.3 is 5.97 Å². The molecule has 20 heavy (non-hydrogen) atoms. The fraction of sp³-hybridized carbons (Fsp3) is 0.867. The van der Waals surface area contributed by atoms with Gasteiger partial charge in [0.25, 0.3) is 5.91 Å². The Kier molecular flexibility index (Phi) is 5.99. The Morgan fingerprint density at radius 2 is 1.75 bits per heavy atom. The zero-order chi connectivity index (χ0) is 15.2. The van der Waals surface area contributed by atoms with Gasteiger partial charge in [0.05, 0.1) is 5.41 Å². The molecule has 0 saturated heterocycles. The largest absolute Gasteiger partial charge is 0.481 e. The zero-order valence-corrected chi connectivity index (χ0v) is 12.8. The molecule has 1 rings (SSSR count). The molecule has 0 atom stereocenters. The molecule has 0 heterocycles. The highest BCUT2D eigenvalue weighted by Crippen LogP contribution is 2.32. The quantitative estimate of drug-likeness (QED) is 0.753. The van der Waals surface area contributed by atoms with Crippen LogP contribution in [-0.2, 0) is 14.3 Å². The van der Waals surface area contributed by atoms with E-state index in [1.54, 1.807) is 7.11 Å². The van der Waals surface area contributed by atoms with Crippen LogP contribution in [0.1, 0.15) is 58.8 Å². The molecule has 1 fully saturated rings. The molecule has 1 aliphatic carbocycles. The molecule has 116 valence electrons. The molecule has 2 N–H and O–H groups in total. The van der Waals surface area contributed by atoms with Crippen molar-refractivity contribution in [2.45, 2.75) is 64.4 Å². The number of hydrogen-bond acceptors (Lipinski definition) is 3. The first-order valence-corrected chi connectivity index (χ1v) is 7.53. The first kappa shape index (κ1) is 17.0. The van der Waals surface area contributed by atoms with Crippen molar-refractivity contribution in [3.63, 3.8) is 0 Å². The number of aliphatic carboxylic acids is 1. The third-order valence-electron chi connectivity index (χ3n) is 4.86. The number of carbonyl (C=O) groups excluding carboxylic acids is 1. The fourth-order valence-electron chi connectivity index (χ4n) is 2.94. The van der Waals surface area contributed by atoms with E-state index in [-0.39, 0.29) is 12.5 Å². The van der Waals surface area contributed by atoms with Crippen LogP contribution in [0.4, 0.5) is 0 Å². The van der Waals surface area contributed by atoms with Gasteiger partial charge in [0.1, 0.15) is 5.60 Å². The molecule has 0 aromatic carbocycles. The molecular formula is C15H27NO4. The minimum Gasteiger partial charge on any atom is -0.481 e. The molecule has 0 aromatic heterocycles. The van der Waals surface area contributed by atoms with Gasteiger partial charge in [-0.1, -0.05) is 33.1 Å². The average Bonchev–Trinajstić information content (AvgIpc) is 2.48. The predicted octanol–water partition coefficient (Wildman–Crippen LogP) is 2.34. The van der Waals surface area contributed by atoms with E-state index in [0.717, 1.165) is 19.3 Å². The predicted molar refractivity (Wildman–Crippen MR) is 76.5 cm³/mol. The Bertz CT molecular complexity index is 344. The molecule has 0 bridgehead atoms. The minimum atomic E-state index is -0.876. The van der Waals surface area contributed by atoms with Crippen LogP contribution in [0.3, 0.4) is 0 Å². The number of hydrogen-bond donors (Lipinski definition) is 2. The van der Waals surface area contributed by atoms with Gasteiger partial charge < -0.3 is 15.2 Å². The molecule has 0 aliphatic heterocycles. The third kappa shape index (κ3) is 3.32. The van der Waals surface area contributed by atoms with Crippen molar-refractivity contribution in [2.75, 3.05) is 13.7 Å². The van der Waals surface area contributed by atoms with Crippen LogP contribution in [-0.4, -0.2) is 36.2 Å². The monoisotopic (exact) mass is 285 g/mol. The van der Waals surface area contributed by atoms with Gasteiger partial charge in [-0.05, 0) is 25.7 Å². The van der Waals surface area contributed by atoms with Crippen molar-refractivity contribution < 1.29 is 19.4 Å². The van der Waals surface area contributed by atoms with E-state index < -0.39 is 17.0 Å². The van der Waals surface area contributed by atoms with Crippen molar-refractivity contribution in [2.24, 2.45) is 5.41 Å². The second-order valence-corrected chi connectivity index (χ2v) is 5.73. The van der Waals surface area contributed by atoms with Gasteiger partial charge in [-0.25, -0.2) is 0 Å². The van der Waals surface area contributed by atoms with Gasteiger partial charge in [0.2, 0.25) is 0 Å². The highest BCUT2D eigenvalue weighted by molar-refractivity contribution is 5.86. The molecule has 0 radical (unpaired) electrons. The first-order valence-electron chi connectivity index (χ1n) is 7.53. The van der Waals surface area contributed by atoms with Crippen LogP contribution < -0.4 is 5.32 Å². The van der Waals surface area contributed by atoms with Gasteiger partial charge in [0, 0.05) is 13.7 Å². The molecule has 5 nitrogen and oxygen atoms in total. The lowest BCUT2D eigenvalue weighted by atomic mass is 9.81. The van der Waals surface area contributed by atoms with Crippen LogP contribution in [0.25, 0.3) is 0 Å². The number of rotatable bonds is 7. The summed E-state index contributed by atoms with van der Waals surface area (Å²) in [6, 6.07) is 0. The molecule has 1 saturated carbocycles. The third-order valence-corrected chi connectivity index (χ3v) is 4.86. The summed E-state index contributed by atoms with van der Waals surface area (Å²) < 4.78 is 5.47. The number of amides is 1. The van der Waals surface area contributed by atoms with E-state index in [9.17, 15) is 14.7 Å². The van der Waals surface area contributed by atoms with Crippen molar-refractivity contribution >= 4 is 11.9 Å². The SMILES string of the molecule is CCC(CC)(CNC(=O)C1(OC)CCCCC1)C(=O)O. The Labute approximate surface area is 121 Å². The van der Waals surface area contributed by atoms with Gasteiger partial charge in [-0.2, -0.15) is 0 Å². The van der Waals surface area contributed by atoms with E-state index in [2.05, 4.69) is 5.32 Å². The molecule has 0 unspecified atom stereocenters. The fourth-order valence-corrected chi connectivity index (χ4v) is 2.94. The maximum Gasteiger partial charge on any atom is 0.311 e. The maximum atomic E-state index is 12.4. The Morgan fingerprint density at radius 1 is 1.20 bits per heavy atom. The molecule has 5 heteroatoms. The minimum absolute atomic E-state index is 0.160. The molecule has 0 spiro atoms. The van der Waals surface area contributed by atoms with Crippen LogP contribution in [0.5, 0.6) is 0 Å². The molecular weight excluding hydrogens is 258 g/mol. The van der Waals surface area contributed by atoms with E-state index >= 15 is 0 Å². The van der Waals surface area contributed by atoms with Crippen LogP contribution >= 0.6 is 0 Å². The van der Waals surface area contributed by atoms with E-state index in [4.69, 9.17) is 4.74 Å². The summed E-state index contributed by atoms with van der Waals surface area (Å²) in [7, 11) is 1.56. The summed E-state index contributed by atoms with van der Waals surface area (Å²) in [6.07, 6.45) is 5.51. The first-order chi connectivity index (χ1) is 9.46. The van der Waals surface area contributed by atoms with Crippen LogP contribution in [0, 0.1) is 5.41 Å². The highest BCUT2D eigenvalue weighted by Gasteiger charge is 2.42. The highest BCUT2D eigenvalue weighted by atomic mass is 16.5. The lowest BCUT2D eigenvalue weighted by Crippen LogP contribution is -2.53. The lowest BCUT2D eigenvalue weighted by Gasteiger charge is -2.36. The Morgan fingerprint density at radius 3 is 2.15 bits per heavy atom. The van der Waals surface area contributed by atoms with Crippen molar-refractivity contribution in [1.29, 1.82) is 0 Å². The summed E-state index contributed by atoms with van der Waals surface area (Å²) in [5, 5.41) is 12.2. The normalized spacial score (nSPS) is 18.6. The van der Waals surface area contributed by atoms with Crippen molar-refractivity contribution in [3.05, 3.63) is 0 Å². The maximum absolute atomic E-state index is 12.4. The number of ether oxygens (including phenoxy) is 1. The number of carboxylic acids is 1. The summed E-state index contributed by atoms with van der Waals surface area (Å²) in [6.45, 7) is 3.85. The van der Waals surface area contributed by atoms with Crippen molar-refractivity contribution in [1.82, 2.24) is 5.32 Å². The number of carboxylic acid groups (broad SMARTS) is 1. The van der Waals surface area contributed by atoms with Crippen LogP contribution in [0.2, 0.25) is 0 Å². The summed E-state index contributed by atoms with van der Waals surface area (Å²) in [5.41, 5.74) is -1.64. The molecule has 0 aromatic rings. The number of nitrogens with one attached hydrogen (secondary N) is 1. The molecule has 1 amide bonds. The lowest BCUT2D eigenvalue weighted by molar-refractivity contribution is -0.152. The van der Waals surface area contributed by atoms with Crippen molar-refractivity contribution in [3.8, 4) is 0 Å². The Hall–Kier alpha value is -1.10. The average molecular weight is 285 g/mol. The summed E-state index contributed by atoms with van der Waals surface area (Å²) in [5.74, 6) is -1.01. The second kappa shape index (κ2) is 7.07. The second-order valence-electron chi connectivity index (χ2n) is 5.73. The number of methoxy groups -OCH3 is 1. The zero-order valence-electron chi connectivity index (χ0n) is 12.8. The van der Waals surface area contributed by atoms with Gasteiger partial charge in [-0.3, -0.25) is 9.59 Å². The standard InChI is InChI=1S/C15H27NO4/c1-4-14(5-2,13(18)19)11-16-12(17)15(20-3)9-7-6-8-10-15/h4-11H2,1-3H3,(H,16,17)(H,18,19). The topological polar surface area (TPSA) is 75.6 Å². The van der Waals surface area contributed by atoms with E-state index in [1.807, 2.05) is 13.8 Å². The number of carbonyl (C=O) groups is 2. The van der Waals surface area contributed by atoms with Crippen LogP contribution in [0.15, 0.2) is 0 Å². The Balaban J connectivity index is 2.71. The van der Waals surface area contributed by atoms with Gasteiger partial charge in [0.15, 0.2) is 0 Å². The van der Waals surface area contributed by atoms with E-state index in [0.29, 0.717) is 25.7 Å². The summed E-state index contributed by atoms with van der Waals surface area (Å²) >= 11 is 0. The summed E-state index contributed by atoms with van der Waals surface area (Å²) in [4.78, 5) is 23.9. The van der Waals surface area contributed by atoms with Gasteiger partial charge in [-0.15, -0.1) is 0 Å².